The molecule has 0 aromatic heterocycles. The van der Waals surface area contributed by atoms with Crippen LogP contribution >= 0.6 is 0 Å². The van der Waals surface area contributed by atoms with Gasteiger partial charge in [-0.3, -0.25) is 4.79 Å². The van der Waals surface area contributed by atoms with Crippen molar-refractivity contribution in [3.8, 4) is 0 Å². The average Bonchev–Trinajstić information content (AvgIpc) is 3.32. The van der Waals surface area contributed by atoms with Gasteiger partial charge in [0.25, 0.3) is 0 Å². The van der Waals surface area contributed by atoms with E-state index >= 15 is 0 Å². The van der Waals surface area contributed by atoms with Crippen molar-refractivity contribution in [2.75, 3.05) is 26.2 Å². The summed E-state index contributed by atoms with van der Waals surface area (Å²) in [7, 11) is 0. The molecular formula is C20H28N2O. The van der Waals surface area contributed by atoms with Crippen LogP contribution in [0.3, 0.4) is 0 Å². The second-order valence-electron chi connectivity index (χ2n) is 7.10. The lowest BCUT2D eigenvalue weighted by atomic mass is 10.1. The standard InChI is InChI=1S/C20H28N2O/c1-16(19-7-8-19)13-20(23)21-14-18-10-12-22(15-18)11-9-17-5-3-2-4-6-17/h2-6,13,18-19H,7-12,14-15H2,1H3,(H,21,23)/b16-13-/t18-/m0/s1. The van der Waals surface area contributed by atoms with Crippen molar-refractivity contribution in [2.45, 2.75) is 32.6 Å². The fourth-order valence-electron chi connectivity index (χ4n) is 3.37. The van der Waals surface area contributed by atoms with Crippen molar-refractivity contribution in [1.29, 1.82) is 0 Å². The van der Waals surface area contributed by atoms with E-state index in [0.29, 0.717) is 11.8 Å². The molecule has 1 N–H and O–H groups in total. The molecule has 1 atom stereocenters. The van der Waals surface area contributed by atoms with Crippen LogP contribution in [0.4, 0.5) is 0 Å². The van der Waals surface area contributed by atoms with E-state index in [-0.39, 0.29) is 5.91 Å². The third-order valence-electron chi connectivity index (χ3n) is 5.07. The molecule has 0 bridgehead atoms. The van der Waals surface area contributed by atoms with E-state index in [1.54, 1.807) is 6.08 Å². The molecule has 1 amide bonds. The molecule has 1 saturated heterocycles. The first kappa shape index (κ1) is 16.3. The van der Waals surface area contributed by atoms with Crippen LogP contribution < -0.4 is 5.32 Å². The molecule has 1 aromatic rings. The van der Waals surface area contributed by atoms with Crippen LogP contribution in [0.25, 0.3) is 0 Å². The highest BCUT2D eigenvalue weighted by Gasteiger charge is 2.24. The summed E-state index contributed by atoms with van der Waals surface area (Å²) < 4.78 is 0. The number of benzene rings is 1. The van der Waals surface area contributed by atoms with Crippen LogP contribution in [-0.2, 0) is 11.2 Å². The number of likely N-dealkylation sites (tertiary alicyclic amines) is 1. The van der Waals surface area contributed by atoms with Crippen LogP contribution in [0.15, 0.2) is 42.0 Å². The van der Waals surface area contributed by atoms with Crippen molar-refractivity contribution in [2.24, 2.45) is 11.8 Å². The molecule has 124 valence electrons. The molecular weight excluding hydrogens is 284 g/mol. The van der Waals surface area contributed by atoms with E-state index in [0.717, 1.165) is 32.6 Å². The number of amides is 1. The van der Waals surface area contributed by atoms with E-state index < -0.39 is 0 Å². The van der Waals surface area contributed by atoms with Gasteiger partial charge < -0.3 is 10.2 Å². The highest BCUT2D eigenvalue weighted by molar-refractivity contribution is 5.88. The summed E-state index contributed by atoms with van der Waals surface area (Å²) in [5.74, 6) is 1.38. The number of carbonyl (C=O) groups is 1. The molecule has 0 unspecified atom stereocenters. The molecule has 3 rings (SSSR count). The van der Waals surface area contributed by atoms with Crippen LogP contribution in [0.1, 0.15) is 31.7 Å². The van der Waals surface area contributed by atoms with Crippen molar-refractivity contribution in [3.63, 3.8) is 0 Å². The van der Waals surface area contributed by atoms with Crippen LogP contribution in [-0.4, -0.2) is 37.0 Å². The van der Waals surface area contributed by atoms with E-state index in [1.807, 2.05) is 0 Å². The van der Waals surface area contributed by atoms with Crippen LogP contribution in [0.2, 0.25) is 0 Å². The minimum absolute atomic E-state index is 0.0946. The molecule has 1 aliphatic carbocycles. The van der Waals surface area contributed by atoms with Gasteiger partial charge in [-0.05, 0) is 56.6 Å². The Morgan fingerprint density at radius 3 is 2.78 bits per heavy atom. The largest absolute Gasteiger partial charge is 0.352 e. The molecule has 1 saturated carbocycles. The minimum atomic E-state index is 0.0946. The lowest BCUT2D eigenvalue weighted by Crippen LogP contribution is -2.30. The zero-order chi connectivity index (χ0) is 16.1. The van der Waals surface area contributed by atoms with Gasteiger partial charge in [-0.15, -0.1) is 0 Å². The highest BCUT2D eigenvalue weighted by Crippen LogP contribution is 2.35. The second-order valence-corrected chi connectivity index (χ2v) is 7.10. The van der Waals surface area contributed by atoms with Gasteiger partial charge in [0.15, 0.2) is 0 Å². The summed E-state index contributed by atoms with van der Waals surface area (Å²) in [5, 5.41) is 3.09. The van der Waals surface area contributed by atoms with Crippen molar-refractivity contribution >= 4 is 5.91 Å². The van der Waals surface area contributed by atoms with Crippen molar-refractivity contribution < 1.29 is 4.79 Å². The van der Waals surface area contributed by atoms with Gasteiger partial charge in [0, 0.05) is 25.7 Å². The Labute approximate surface area is 139 Å². The third kappa shape index (κ3) is 5.21. The summed E-state index contributed by atoms with van der Waals surface area (Å²) >= 11 is 0. The summed E-state index contributed by atoms with van der Waals surface area (Å²) in [6, 6.07) is 10.7. The van der Waals surface area contributed by atoms with Gasteiger partial charge in [0.05, 0.1) is 0 Å². The Hall–Kier alpha value is -1.61. The third-order valence-corrected chi connectivity index (χ3v) is 5.07. The topological polar surface area (TPSA) is 32.3 Å². The fourth-order valence-corrected chi connectivity index (χ4v) is 3.37. The fraction of sp³-hybridized carbons (Fsp3) is 0.550. The van der Waals surface area contributed by atoms with Gasteiger partial charge >= 0.3 is 0 Å². The van der Waals surface area contributed by atoms with Gasteiger partial charge in [-0.1, -0.05) is 35.9 Å². The maximum absolute atomic E-state index is 11.9. The number of rotatable bonds is 7. The molecule has 3 nitrogen and oxygen atoms in total. The van der Waals surface area contributed by atoms with Gasteiger partial charge in [0.2, 0.25) is 5.91 Å². The summed E-state index contributed by atoms with van der Waals surface area (Å²) in [4.78, 5) is 14.5. The molecule has 1 aliphatic heterocycles. The Morgan fingerprint density at radius 2 is 2.04 bits per heavy atom. The average molecular weight is 312 g/mol. The molecule has 3 heteroatoms. The molecule has 1 heterocycles. The zero-order valence-corrected chi connectivity index (χ0v) is 14.1. The normalized spacial score (nSPS) is 22.3. The van der Waals surface area contributed by atoms with E-state index in [4.69, 9.17) is 0 Å². The Bertz CT molecular complexity index is 548. The maximum Gasteiger partial charge on any atom is 0.243 e. The number of hydrogen-bond acceptors (Lipinski definition) is 2. The van der Waals surface area contributed by atoms with Gasteiger partial charge in [0.1, 0.15) is 0 Å². The Kier molecular flexibility index (Phi) is 5.50. The van der Waals surface area contributed by atoms with Crippen molar-refractivity contribution in [1.82, 2.24) is 10.2 Å². The quantitative estimate of drug-likeness (QED) is 0.785. The summed E-state index contributed by atoms with van der Waals surface area (Å²) in [6.45, 7) is 6.28. The minimum Gasteiger partial charge on any atom is -0.352 e. The summed E-state index contributed by atoms with van der Waals surface area (Å²) in [5.41, 5.74) is 2.66. The summed E-state index contributed by atoms with van der Waals surface area (Å²) in [6.07, 6.45) is 6.63. The van der Waals surface area contributed by atoms with Gasteiger partial charge in [-0.2, -0.15) is 0 Å². The lowest BCUT2D eigenvalue weighted by molar-refractivity contribution is -0.116. The number of hydrogen-bond donors (Lipinski definition) is 1. The predicted molar refractivity (Wildman–Crippen MR) is 94.2 cm³/mol. The number of carbonyl (C=O) groups excluding carboxylic acids is 1. The van der Waals surface area contributed by atoms with E-state index in [9.17, 15) is 4.79 Å². The zero-order valence-electron chi connectivity index (χ0n) is 14.1. The monoisotopic (exact) mass is 312 g/mol. The van der Waals surface area contributed by atoms with Crippen LogP contribution in [0.5, 0.6) is 0 Å². The maximum atomic E-state index is 11.9. The first-order valence-corrected chi connectivity index (χ1v) is 8.93. The molecule has 2 fully saturated rings. The molecule has 0 radical (unpaired) electrons. The molecule has 2 aliphatic rings. The Morgan fingerprint density at radius 1 is 1.26 bits per heavy atom. The number of nitrogens with one attached hydrogen (secondary N) is 1. The lowest BCUT2D eigenvalue weighted by Gasteiger charge is -2.16. The highest BCUT2D eigenvalue weighted by atomic mass is 16.1. The first-order valence-electron chi connectivity index (χ1n) is 8.93. The molecule has 1 aromatic carbocycles. The predicted octanol–water partition coefficient (Wildman–Crippen LogP) is 3.02. The first-order chi connectivity index (χ1) is 11.2. The number of allylic oxidation sites excluding steroid dienone is 1. The number of nitrogens with zero attached hydrogens (tertiary/aromatic N) is 1. The SMILES string of the molecule is C/C(=C/C(=O)NC[C@@H]1CCN(CCc2ccccc2)C1)C1CC1. The van der Waals surface area contributed by atoms with Gasteiger partial charge in [-0.25, -0.2) is 0 Å². The second kappa shape index (κ2) is 7.78. The van der Waals surface area contributed by atoms with E-state index in [1.165, 1.54) is 30.4 Å². The Balaban J connectivity index is 1.35. The molecule has 23 heavy (non-hydrogen) atoms. The smallest absolute Gasteiger partial charge is 0.243 e. The van der Waals surface area contributed by atoms with E-state index in [2.05, 4.69) is 47.5 Å². The van der Waals surface area contributed by atoms with Crippen LogP contribution in [0, 0.1) is 11.8 Å². The molecule has 0 spiro atoms. The van der Waals surface area contributed by atoms with Crippen molar-refractivity contribution in [3.05, 3.63) is 47.5 Å².